The number of aromatic amines is 1. The van der Waals surface area contributed by atoms with Gasteiger partial charge >= 0.3 is 0 Å². The summed E-state index contributed by atoms with van der Waals surface area (Å²) in [7, 11) is 0. The molecule has 112 valence electrons. The van der Waals surface area contributed by atoms with Crippen LogP contribution in [-0.4, -0.2) is 16.4 Å². The number of hydrogen-bond donors (Lipinski definition) is 2. The molecule has 0 spiro atoms. The Morgan fingerprint density at radius 2 is 2.05 bits per heavy atom. The number of H-pyrrole nitrogens is 1. The molecule has 5 nitrogen and oxygen atoms in total. The number of aliphatic imine (C=N–C) groups is 1. The van der Waals surface area contributed by atoms with Gasteiger partial charge in [-0.3, -0.25) is 10.1 Å². The molecule has 1 heterocycles. The summed E-state index contributed by atoms with van der Waals surface area (Å²) in [5.74, 6) is 0. The fraction of sp³-hybridized carbons (Fsp3) is 0.0714. The van der Waals surface area contributed by atoms with E-state index >= 15 is 0 Å². The summed E-state index contributed by atoms with van der Waals surface area (Å²) in [6.07, 6.45) is 5.15. The first-order valence-corrected chi connectivity index (χ1v) is 7.99. The summed E-state index contributed by atoms with van der Waals surface area (Å²) >= 11 is 13.8. The van der Waals surface area contributed by atoms with E-state index < -0.39 is 0 Å². The van der Waals surface area contributed by atoms with Crippen molar-refractivity contribution in [2.75, 3.05) is 6.26 Å². The largest absolute Gasteiger partial charge is 0.328 e. The molecule has 1 aromatic carbocycles. The SMILES string of the molecule is CSC(=Nc1cc(Cl)c(-c2ccc(=O)[nH]c2)c(Cl)c1)NC#N. The molecule has 0 fully saturated rings. The lowest BCUT2D eigenvalue weighted by atomic mass is 10.1. The highest BCUT2D eigenvalue weighted by Gasteiger charge is 2.11. The number of rotatable bonds is 2. The number of halogens is 2. The van der Waals surface area contributed by atoms with E-state index in [1.807, 2.05) is 6.19 Å². The average molecular weight is 353 g/mol. The van der Waals surface area contributed by atoms with E-state index in [1.165, 1.54) is 17.8 Å². The van der Waals surface area contributed by atoms with Gasteiger partial charge in [0.05, 0.1) is 15.7 Å². The van der Waals surface area contributed by atoms with Crippen LogP contribution in [-0.2, 0) is 0 Å². The zero-order valence-electron chi connectivity index (χ0n) is 11.4. The Morgan fingerprint density at radius 3 is 2.55 bits per heavy atom. The second-order valence-corrected chi connectivity index (χ2v) is 5.69. The number of nitrogens with zero attached hydrogens (tertiary/aromatic N) is 2. The first-order valence-electron chi connectivity index (χ1n) is 6.01. The second-order valence-electron chi connectivity index (χ2n) is 4.08. The van der Waals surface area contributed by atoms with Gasteiger partial charge in [-0.15, -0.1) is 0 Å². The molecule has 0 aliphatic carbocycles. The molecular weight excluding hydrogens is 343 g/mol. The fourth-order valence-electron chi connectivity index (χ4n) is 1.76. The number of nitrogens with one attached hydrogen (secondary N) is 2. The molecule has 2 N–H and O–H groups in total. The van der Waals surface area contributed by atoms with Gasteiger partial charge in [0.2, 0.25) is 5.56 Å². The summed E-state index contributed by atoms with van der Waals surface area (Å²) < 4.78 is 0. The fourth-order valence-corrected chi connectivity index (χ4v) is 2.79. The highest BCUT2D eigenvalue weighted by Crippen LogP contribution is 2.37. The Balaban J connectivity index is 2.47. The molecule has 0 unspecified atom stereocenters. The zero-order chi connectivity index (χ0) is 16.1. The van der Waals surface area contributed by atoms with Crippen molar-refractivity contribution in [1.82, 2.24) is 10.3 Å². The second kappa shape index (κ2) is 7.36. The zero-order valence-corrected chi connectivity index (χ0v) is 13.7. The van der Waals surface area contributed by atoms with Crippen LogP contribution in [0.4, 0.5) is 5.69 Å². The number of nitriles is 1. The highest BCUT2D eigenvalue weighted by atomic mass is 35.5. The normalized spacial score (nSPS) is 11.1. The van der Waals surface area contributed by atoms with E-state index in [9.17, 15) is 4.79 Å². The van der Waals surface area contributed by atoms with Gasteiger partial charge in [0.25, 0.3) is 0 Å². The first kappa shape index (κ1) is 16.4. The van der Waals surface area contributed by atoms with Crippen molar-refractivity contribution in [1.29, 1.82) is 5.26 Å². The summed E-state index contributed by atoms with van der Waals surface area (Å²) in [5, 5.41) is 12.3. The van der Waals surface area contributed by atoms with Gasteiger partial charge in [-0.2, -0.15) is 5.26 Å². The topological polar surface area (TPSA) is 81.0 Å². The quantitative estimate of drug-likeness (QED) is 0.373. The van der Waals surface area contributed by atoms with Gasteiger partial charge in [-0.25, -0.2) is 4.99 Å². The highest BCUT2D eigenvalue weighted by molar-refractivity contribution is 8.13. The number of thioether (sulfide) groups is 1. The maximum Gasteiger partial charge on any atom is 0.247 e. The Kier molecular flexibility index (Phi) is 5.50. The maximum absolute atomic E-state index is 11.1. The van der Waals surface area contributed by atoms with Crippen LogP contribution in [0.2, 0.25) is 10.0 Å². The molecule has 0 amide bonds. The molecule has 0 aliphatic heterocycles. The first-order chi connectivity index (χ1) is 10.5. The van der Waals surface area contributed by atoms with Crippen LogP contribution in [0.15, 0.2) is 40.2 Å². The van der Waals surface area contributed by atoms with E-state index in [2.05, 4.69) is 15.3 Å². The predicted octanol–water partition coefficient (Wildman–Crippen LogP) is 3.77. The molecular formula is C14H10Cl2N4OS. The van der Waals surface area contributed by atoms with Gasteiger partial charge in [-0.1, -0.05) is 35.0 Å². The number of pyridine rings is 1. The lowest BCUT2D eigenvalue weighted by Gasteiger charge is -2.09. The van der Waals surface area contributed by atoms with E-state index in [4.69, 9.17) is 28.5 Å². The van der Waals surface area contributed by atoms with Crippen molar-refractivity contribution in [2.24, 2.45) is 4.99 Å². The molecule has 0 saturated carbocycles. The van der Waals surface area contributed by atoms with E-state index in [0.29, 0.717) is 32.0 Å². The van der Waals surface area contributed by atoms with E-state index in [1.54, 1.807) is 30.7 Å². The maximum atomic E-state index is 11.1. The summed E-state index contributed by atoms with van der Waals surface area (Å²) in [6.45, 7) is 0. The van der Waals surface area contributed by atoms with Gasteiger partial charge in [0.1, 0.15) is 0 Å². The minimum Gasteiger partial charge on any atom is -0.328 e. The van der Waals surface area contributed by atoms with Crippen LogP contribution in [0.5, 0.6) is 0 Å². The summed E-state index contributed by atoms with van der Waals surface area (Å²) in [6, 6.07) is 6.32. The van der Waals surface area contributed by atoms with Gasteiger partial charge in [0, 0.05) is 23.4 Å². The van der Waals surface area contributed by atoms with Crippen LogP contribution in [0.25, 0.3) is 11.1 Å². The number of hydrogen-bond acceptors (Lipinski definition) is 4. The molecule has 0 radical (unpaired) electrons. The molecule has 8 heteroatoms. The third kappa shape index (κ3) is 3.83. The minimum atomic E-state index is -0.204. The molecule has 0 bridgehead atoms. The smallest absolute Gasteiger partial charge is 0.247 e. The third-order valence-corrected chi connectivity index (χ3v) is 3.86. The molecule has 1 aromatic heterocycles. The van der Waals surface area contributed by atoms with Crippen molar-refractivity contribution in [3.05, 3.63) is 50.9 Å². The molecule has 22 heavy (non-hydrogen) atoms. The number of benzene rings is 1. The van der Waals surface area contributed by atoms with Gasteiger partial charge in [0.15, 0.2) is 11.4 Å². The van der Waals surface area contributed by atoms with Crippen molar-refractivity contribution >= 4 is 45.8 Å². The van der Waals surface area contributed by atoms with Crippen molar-refractivity contribution in [3.63, 3.8) is 0 Å². The Labute approximate surface area is 141 Å². The summed E-state index contributed by atoms with van der Waals surface area (Å²) in [5.41, 5.74) is 1.63. The Hall–Kier alpha value is -1.94. The van der Waals surface area contributed by atoms with Crippen LogP contribution in [0, 0.1) is 11.5 Å². The van der Waals surface area contributed by atoms with E-state index in [-0.39, 0.29) is 5.56 Å². The van der Waals surface area contributed by atoms with Crippen molar-refractivity contribution < 1.29 is 0 Å². The summed E-state index contributed by atoms with van der Waals surface area (Å²) in [4.78, 5) is 18.0. The Bertz CT molecular complexity index is 783. The number of amidine groups is 1. The molecule has 0 aliphatic rings. The molecule has 2 rings (SSSR count). The van der Waals surface area contributed by atoms with Crippen molar-refractivity contribution in [2.45, 2.75) is 0 Å². The minimum absolute atomic E-state index is 0.204. The van der Waals surface area contributed by atoms with Crippen LogP contribution in [0.3, 0.4) is 0 Å². The molecule has 0 atom stereocenters. The Morgan fingerprint density at radius 1 is 1.36 bits per heavy atom. The lowest BCUT2D eigenvalue weighted by Crippen LogP contribution is -2.12. The number of aromatic nitrogens is 1. The average Bonchev–Trinajstić information content (AvgIpc) is 2.48. The van der Waals surface area contributed by atoms with Gasteiger partial charge in [-0.05, 0) is 24.5 Å². The standard InChI is InChI=1S/C14H10Cl2N4OS/c1-22-14(19-7-17)20-9-4-10(15)13(11(16)5-9)8-2-3-12(21)18-6-8/h2-6H,1H3,(H,18,21)(H,19,20). The monoisotopic (exact) mass is 352 g/mol. The molecule has 0 saturated heterocycles. The molecule has 2 aromatic rings. The van der Waals surface area contributed by atoms with E-state index in [0.717, 1.165) is 0 Å². The van der Waals surface area contributed by atoms with Crippen LogP contribution >= 0.6 is 35.0 Å². The van der Waals surface area contributed by atoms with Gasteiger partial charge < -0.3 is 4.98 Å². The third-order valence-electron chi connectivity index (χ3n) is 2.69. The van der Waals surface area contributed by atoms with Crippen molar-refractivity contribution in [3.8, 4) is 17.3 Å². The van der Waals surface area contributed by atoms with Crippen LogP contribution < -0.4 is 10.9 Å². The lowest BCUT2D eigenvalue weighted by molar-refractivity contribution is 1.24. The predicted molar refractivity (Wildman–Crippen MR) is 91.9 cm³/mol. The van der Waals surface area contributed by atoms with Crippen LogP contribution in [0.1, 0.15) is 0 Å².